The summed E-state index contributed by atoms with van der Waals surface area (Å²) in [7, 11) is -4.01. The summed E-state index contributed by atoms with van der Waals surface area (Å²) in [6, 6.07) is 5.48. The minimum atomic E-state index is -4.01. The van der Waals surface area contributed by atoms with Crippen molar-refractivity contribution in [1.29, 1.82) is 0 Å². The highest BCUT2D eigenvalue weighted by molar-refractivity contribution is 7.91. The van der Waals surface area contributed by atoms with Crippen molar-refractivity contribution in [1.82, 2.24) is 30.6 Å². The van der Waals surface area contributed by atoms with E-state index in [2.05, 4.69) is 48.0 Å². The second-order valence-corrected chi connectivity index (χ2v) is 22.3. The average molecular weight is 865 g/mol. The van der Waals surface area contributed by atoms with E-state index in [1.54, 1.807) is 6.92 Å². The second-order valence-electron chi connectivity index (χ2n) is 20.1. The van der Waals surface area contributed by atoms with E-state index in [0.29, 0.717) is 49.6 Å². The first kappa shape index (κ1) is 44.6. The molecule has 0 spiro atoms. The largest absolute Gasteiger partial charge is 0.491 e. The molecule has 334 valence electrons. The predicted molar refractivity (Wildman–Crippen MR) is 230 cm³/mol. The Kier molecular flexibility index (Phi) is 12.2. The summed E-state index contributed by atoms with van der Waals surface area (Å²) in [6.45, 7) is 18.1. The molecule has 5 aliphatic rings. The van der Waals surface area contributed by atoms with Gasteiger partial charge in [-0.1, -0.05) is 51.8 Å². The molecule has 1 aromatic heterocycles. The molecule has 3 aliphatic carbocycles. The van der Waals surface area contributed by atoms with Crippen molar-refractivity contribution >= 4 is 44.7 Å². The molecule has 16 heteroatoms. The Balaban J connectivity index is 1.23. The summed E-state index contributed by atoms with van der Waals surface area (Å²) in [5, 5.41) is 10.0. The molecule has 61 heavy (non-hydrogen) atoms. The Morgan fingerprint density at radius 1 is 1.07 bits per heavy atom. The lowest BCUT2D eigenvalue weighted by Gasteiger charge is -2.35. The Morgan fingerprint density at radius 2 is 1.80 bits per heavy atom. The number of ether oxygens (including phenoxy) is 3. The van der Waals surface area contributed by atoms with Crippen molar-refractivity contribution < 1.29 is 41.8 Å². The lowest BCUT2D eigenvalue weighted by atomic mass is 9.85. The van der Waals surface area contributed by atoms with Crippen LogP contribution in [0.4, 0.5) is 4.79 Å². The maximum absolute atomic E-state index is 14.8. The standard InChI is InChI=1S/C45H64N6O9S/c1-9-28-25-45(28,40(54)50-61(56,57)44(8)19-20-44)49-37(52)33-24-29-26-51(33)39(53)36(42(2,3)4)48-41(55)60-34-23-27(34)15-11-10-12-17-31-35(58-22-21-46-43(5,6)7)30-16-13-14-18-32(30)47-38(31)59-29/h9,13-14,16,18,27-29,33-34,36,46H,1,10-12,15,17,19-26H2,2-8H3,(H,48,55)(H,49,52)(H,50,54)/t27-,28-,29-,33+,34-,36-,45-/m1/s1. The predicted octanol–water partition coefficient (Wildman–Crippen LogP) is 5.06. The van der Waals surface area contributed by atoms with Crippen molar-refractivity contribution in [2.24, 2.45) is 17.3 Å². The van der Waals surface area contributed by atoms with Gasteiger partial charge in [-0.05, 0) is 96.1 Å². The number of amides is 4. The molecular formula is C45H64N6O9S. The van der Waals surface area contributed by atoms with E-state index in [1.165, 1.54) is 11.0 Å². The average Bonchev–Trinajstić information content (AvgIpc) is 4.14. The van der Waals surface area contributed by atoms with Crippen molar-refractivity contribution in [3.05, 3.63) is 42.5 Å². The van der Waals surface area contributed by atoms with Crippen molar-refractivity contribution in [3.8, 4) is 11.6 Å². The Labute approximate surface area is 359 Å². The van der Waals surface area contributed by atoms with Crippen LogP contribution in [0.5, 0.6) is 11.6 Å². The second kappa shape index (κ2) is 16.7. The molecule has 0 unspecified atom stereocenters. The zero-order chi connectivity index (χ0) is 44.1. The molecule has 1 aromatic carbocycles. The first-order chi connectivity index (χ1) is 28.6. The van der Waals surface area contributed by atoms with E-state index < -0.39 is 73.6 Å². The van der Waals surface area contributed by atoms with Gasteiger partial charge < -0.3 is 35.1 Å². The van der Waals surface area contributed by atoms with Crippen LogP contribution in [0.3, 0.4) is 0 Å². The first-order valence-corrected chi connectivity index (χ1v) is 23.4. The summed E-state index contributed by atoms with van der Waals surface area (Å²) >= 11 is 0. The fourth-order valence-corrected chi connectivity index (χ4v) is 9.88. The highest BCUT2D eigenvalue weighted by Crippen LogP contribution is 2.47. The van der Waals surface area contributed by atoms with Crippen LogP contribution in [0, 0.1) is 17.3 Å². The number of hydrogen-bond donors (Lipinski definition) is 4. The minimum absolute atomic E-state index is 0.0229. The number of alkyl carbamates (subject to hydrolysis) is 1. The smallest absolute Gasteiger partial charge is 0.408 e. The molecule has 1 saturated heterocycles. The van der Waals surface area contributed by atoms with E-state index >= 15 is 0 Å². The van der Waals surface area contributed by atoms with Gasteiger partial charge in [-0.25, -0.2) is 18.2 Å². The fourth-order valence-electron chi connectivity index (χ4n) is 8.57. The van der Waals surface area contributed by atoms with Gasteiger partial charge in [-0.2, -0.15) is 0 Å². The normalized spacial score (nSPS) is 29.0. The zero-order valence-electron chi connectivity index (χ0n) is 36.7. The third-order valence-corrected chi connectivity index (χ3v) is 15.1. The topological polar surface area (TPSA) is 194 Å². The number of sulfonamides is 1. The first-order valence-electron chi connectivity index (χ1n) is 21.9. The fraction of sp³-hybridized carbons (Fsp3) is 0.667. The molecule has 7 rings (SSSR count). The maximum atomic E-state index is 14.8. The van der Waals surface area contributed by atoms with E-state index in [1.807, 2.05) is 45.0 Å². The molecule has 4 N–H and O–H groups in total. The van der Waals surface area contributed by atoms with Crippen LogP contribution in [0.2, 0.25) is 0 Å². The van der Waals surface area contributed by atoms with Crippen LogP contribution in [0.25, 0.3) is 10.9 Å². The lowest BCUT2D eigenvalue weighted by Crippen LogP contribution is -2.60. The van der Waals surface area contributed by atoms with Crippen LogP contribution >= 0.6 is 0 Å². The molecule has 0 radical (unpaired) electrons. The highest BCUT2D eigenvalue weighted by Gasteiger charge is 2.63. The van der Waals surface area contributed by atoms with Gasteiger partial charge >= 0.3 is 6.09 Å². The summed E-state index contributed by atoms with van der Waals surface area (Å²) in [5.41, 5.74) is -1.00. The van der Waals surface area contributed by atoms with Gasteiger partial charge in [0.25, 0.3) is 5.91 Å². The van der Waals surface area contributed by atoms with E-state index in [-0.39, 0.29) is 36.9 Å². The van der Waals surface area contributed by atoms with Crippen molar-refractivity contribution in [2.45, 2.75) is 153 Å². The van der Waals surface area contributed by atoms with Gasteiger partial charge in [0.2, 0.25) is 27.7 Å². The molecule has 3 heterocycles. The number of benzene rings is 1. The van der Waals surface area contributed by atoms with Crippen LogP contribution in [0.15, 0.2) is 36.9 Å². The number of para-hydroxylation sites is 1. The minimum Gasteiger partial charge on any atom is -0.491 e. The van der Waals surface area contributed by atoms with Crippen LogP contribution in [-0.4, -0.2) is 102 Å². The van der Waals surface area contributed by atoms with Gasteiger partial charge in [0, 0.05) is 29.8 Å². The quantitative estimate of drug-likeness (QED) is 0.184. The maximum Gasteiger partial charge on any atom is 0.408 e. The van der Waals surface area contributed by atoms with Gasteiger partial charge in [0.1, 0.15) is 42.2 Å². The number of carbonyl (C=O) groups excluding carboxylic acids is 4. The molecule has 15 nitrogen and oxygen atoms in total. The van der Waals surface area contributed by atoms with E-state index in [0.717, 1.165) is 43.1 Å². The van der Waals surface area contributed by atoms with Gasteiger partial charge in [-0.3, -0.25) is 19.1 Å². The molecule has 2 aromatic rings. The zero-order valence-corrected chi connectivity index (χ0v) is 37.5. The molecule has 2 bridgehead atoms. The van der Waals surface area contributed by atoms with E-state index in [4.69, 9.17) is 19.2 Å². The van der Waals surface area contributed by atoms with Crippen molar-refractivity contribution in [2.75, 3.05) is 19.7 Å². The third kappa shape index (κ3) is 9.80. The Morgan fingerprint density at radius 3 is 2.48 bits per heavy atom. The highest BCUT2D eigenvalue weighted by atomic mass is 32.2. The number of fused-ring (bicyclic) bond motifs is 5. The number of nitrogens with one attached hydrogen (secondary N) is 4. The van der Waals surface area contributed by atoms with Gasteiger partial charge in [-0.15, -0.1) is 6.58 Å². The van der Waals surface area contributed by atoms with Crippen LogP contribution in [0.1, 0.15) is 112 Å². The number of carbonyl (C=O) groups is 4. The number of aromatic nitrogens is 1. The summed E-state index contributed by atoms with van der Waals surface area (Å²) in [6.07, 6.45) is 5.83. The molecule has 7 atom stereocenters. The molecular weight excluding hydrogens is 801 g/mol. The SMILES string of the molecule is C=C[C@@H]1C[C@]1(NC(=O)[C@@H]1C[C@@H]2CN1C(=O)[C@H](C(C)(C)C)NC(=O)O[C@@H]1C[C@H]1CCCCCc1c(nc3ccccc3c1OCCNC(C)(C)C)O2)C(=O)NS(=O)(=O)C1(C)CC1. The number of rotatable bonds is 10. The molecule has 4 amide bonds. The molecule has 3 saturated carbocycles. The summed E-state index contributed by atoms with van der Waals surface area (Å²) in [5.74, 6) is -1.27. The molecule has 2 aliphatic heterocycles. The third-order valence-electron chi connectivity index (χ3n) is 12.9. The summed E-state index contributed by atoms with van der Waals surface area (Å²) < 4.78 is 46.7. The Hall–Kier alpha value is -4.44. The van der Waals surface area contributed by atoms with Crippen molar-refractivity contribution in [3.63, 3.8) is 0 Å². The molecule has 4 fully saturated rings. The lowest BCUT2D eigenvalue weighted by molar-refractivity contribution is -0.142. The number of nitrogens with zero attached hydrogens (tertiary/aromatic N) is 2. The number of pyridine rings is 1. The van der Waals surface area contributed by atoms with Gasteiger partial charge in [0.05, 0.1) is 22.4 Å². The Bertz CT molecular complexity index is 2160. The number of hydrogen-bond acceptors (Lipinski definition) is 11. The van der Waals surface area contributed by atoms with Gasteiger partial charge in [0.15, 0.2) is 0 Å². The van der Waals surface area contributed by atoms with E-state index in [9.17, 15) is 27.6 Å². The monoisotopic (exact) mass is 864 g/mol. The van der Waals surface area contributed by atoms with Crippen LogP contribution < -0.4 is 30.1 Å². The summed E-state index contributed by atoms with van der Waals surface area (Å²) in [4.78, 5) is 63.0. The van der Waals surface area contributed by atoms with Crippen LogP contribution in [-0.2, 0) is 35.6 Å².